The van der Waals surface area contributed by atoms with E-state index in [1.807, 2.05) is 39.8 Å². The van der Waals surface area contributed by atoms with Gasteiger partial charge in [-0.25, -0.2) is 0 Å². The van der Waals surface area contributed by atoms with E-state index in [1.54, 1.807) is 0 Å². The SMILES string of the molecule is Cc1cc(OC(C)(C)CBr)cc(C)c1Cl. The second-order valence-electron chi connectivity index (χ2n) is 4.37. The number of hydrogen-bond acceptors (Lipinski definition) is 1. The van der Waals surface area contributed by atoms with Gasteiger partial charge in [0.2, 0.25) is 0 Å². The van der Waals surface area contributed by atoms with Gasteiger partial charge < -0.3 is 4.74 Å². The van der Waals surface area contributed by atoms with Gasteiger partial charge in [0.15, 0.2) is 0 Å². The van der Waals surface area contributed by atoms with Crippen molar-refractivity contribution >= 4 is 27.5 Å². The molecule has 1 nitrogen and oxygen atoms in total. The molecule has 0 amide bonds. The van der Waals surface area contributed by atoms with Gasteiger partial charge in [0.1, 0.15) is 11.4 Å². The van der Waals surface area contributed by atoms with E-state index in [4.69, 9.17) is 16.3 Å². The quantitative estimate of drug-likeness (QED) is 0.745. The molecule has 3 heteroatoms. The van der Waals surface area contributed by atoms with Crippen molar-refractivity contribution in [3.05, 3.63) is 28.3 Å². The number of benzene rings is 1. The van der Waals surface area contributed by atoms with E-state index in [-0.39, 0.29) is 5.60 Å². The summed E-state index contributed by atoms with van der Waals surface area (Å²) in [6.07, 6.45) is 0. The molecule has 84 valence electrons. The lowest BCUT2D eigenvalue weighted by atomic mass is 10.1. The molecule has 0 aliphatic heterocycles. The number of ether oxygens (including phenoxy) is 1. The third kappa shape index (κ3) is 3.39. The number of hydrogen-bond donors (Lipinski definition) is 0. The zero-order valence-corrected chi connectivity index (χ0v) is 11.9. The van der Waals surface area contributed by atoms with Gasteiger partial charge in [-0.05, 0) is 51.0 Å². The van der Waals surface area contributed by atoms with Gasteiger partial charge in [-0.15, -0.1) is 0 Å². The largest absolute Gasteiger partial charge is 0.487 e. The molecule has 1 aromatic carbocycles. The molecule has 0 radical (unpaired) electrons. The molecule has 0 saturated heterocycles. The average Bonchev–Trinajstić information content (AvgIpc) is 2.13. The van der Waals surface area contributed by atoms with Crippen LogP contribution in [0.25, 0.3) is 0 Å². The predicted octanol–water partition coefficient (Wildman–Crippen LogP) is 4.51. The molecule has 0 aliphatic rings. The monoisotopic (exact) mass is 290 g/mol. The molecular weight excluding hydrogens is 275 g/mol. The zero-order chi connectivity index (χ0) is 11.6. The van der Waals surface area contributed by atoms with Crippen molar-refractivity contribution in [2.45, 2.75) is 33.3 Å². The van der Waals surface area contributed by atoms with Crippen LogP contribution in [-0.2, 0) is 0 Å². The van der Waals surface area contributed by atoms with Gasteiger partial charge in [0, 0.05) is 10.4 Å². The lowest BCUT2D eigenvalue weighted by Crippen LogP contribution is -2.29. The molecule has 0 aromatic heterocycles. The molecule has 0 fully saturated rings. The first-order valence-electron chi connectivity index (χ1n) is 4.87. The average molecular weight is 292 g/mol. The Kier molecular flexibility index (Phi) is 4.07. The van der Waals surface area contributed by atoms with Crippen LogP contribution in [0.4, 0.5) is 0 Å². The van der Waals surface area contributed by atoms with Crippen LogP contribution >= 0.6 is 27.5 Å². The van der Waals surface area contributed by atoms with Crippen LogP contribution in [0, 0.1) is 13.8 Å². The molecule has 1 rings (SSSR count). The van der Waals surface area contributed by atoms with Crippen molar-refractivity contribution in [3.8, 4) is 5.75 Å². The fourth-order valence-corrected chi connectivity index (χ4v) is 1.53. The highest BCUT2D eigenvalue weighted by Gasteiger charge is 2.18. The minimum absolute atomic E-state index is 0.202. The highest BCUT2D eigenvalue weighted by atomic mass is 79.9. The fourth-order valence-electron chi connectivity index (χ4n) is 1.31. The van der Waals surface area contributed by atoms with Crippen LogP contribution in [0.1, 0.15) is 25.0 Å². The summed E-state index contributed by atoms with van der Waals surface area (Å²) in [5.74, 6) is 0.874. The van der Waals surface area contributed by atoms with Crippen molar-refractivity contribution in [3.63, 3.8) is 0 Å². The van der Waals surface area contributed by atoms with Gasteiger partial charge in [-0.3, -0.25) is 0 Å². The standard InChI is InChI=1S/C12H16BrClO/c1-8-5-10(6-9(2)11(8)14)15-12(3,4)7-13/h5-6H,7H2,1-4H3. The Bertz CT molecular complexity index is 338. The normalized spacial score (nSPS) is 11.6. The van der Waals surface area contributed by atoms with E-state index in [0.29, 0.717) is 0 Å². The van der Waals surface area contributed by atoms with Gasteiger partial charge in [0.25, 0.3) is 0 Å². The summed E-state index contributed by atoms with van der Waals surface area (Å²) in [6, 6.07) is 3.94. The summed E-state index contributed by atoms with van der Waals surface area (Å²) in [5.41, 5.74) is 1.90. The summed E-state index contributed by atoms with van der Waals surface area (Å²) in [5, 5.41) is 1.61. The Labute approximate surface area is 105 Å². The topological polar surface area (TPSA) is 9.23 Å². The minimum Gasteiger partial charge on any atom is -0.487 e. The zero-order valence-electron chi connectivity index (χ0n) is 9.53. The third-order valence-corrected chi connectivity index (χ3v) is 4.07. The van der Waals surface area contributed by atoms with Crippen LogP contribution in [0.15, 0.2) is 12.1 Å². The number of rotatable bonds is 3. The predicted molar refractivity (Wildman–Crippen MR) is 69.4 cm³/mol. The van der Waals surface area contributed by atoms with Gasteiger partial charge in [0.05, 0.1) is 0 Å². The van der Waals surface area contributed by atoms with Crippen molar-refractivity contribution in [2.75, 3.05) is 5.33 Å². The van der Waals surface area contributed by atoms with E-state index in [0.717, 1.165) is 27.2 Å². The molecule has 0 aliphatic carbocycles. The molecule has 0 atom stereocenters. The second kappa shape index (κ2) is 4.75. The molecule has 0 saturated carbocycles. The smallest absolute Gasteiger partial charge is 0.120 e. The van der Waals surface area contributed by atoms with Crippen molar-refractivity contribution in [1.29, 1.82) is 0 Å². The van der Waals surface area contributed by atoms with E-state index in [1.165, 1.54) is 0 Å². The van der Waals surface area contributed by atoms with E-state index >= 15 is 0 Å². The highest BCUT2D eigenvalue weighted by Crippen LogP contribution is 2.28. The summed E-state index contributed by atoms with van der Waals surface area (Å²) >= 11 is 9.52. The molecule has 0 heterocycles. The first-order chi connectivity index (χ1) is 6.85. The van der Waals surface area contributed by atoms with Crippen LogP contribution < -0.4 is 4.74 Å². The Balaban J connectivity index is 2.98. The Hall–Kier alpha value is -0.210. The van der Waals surface area contributed by atoms with E-state index < -0.39 is 0 Å². The number of alkyl halides is 1. The molecule has 1 aromatic rings. The van der Waals surface area contributed by atoms with Crippen molar-refractivity contribution < 1.29 is 4.74 Å². The first-order valence-corrected chi connectivity index (χ1v) is 6.37. The molecular formula is C12H16BrClO. The maximum atomic E-state index is 6.09. The van der Waals surface area contributed by atoms with Gasteiger partial charge in [-0.1, -0.05) is 27.5 Å². The maximum absolute atomic E-state index is 6.09. The van der Waals surface area contributed by atoms with Crippen LogP contribution in [0.2, 0.25) is 5.02 Å². The third-order valence-electron chi connectivity index (χ3n) is 2.13. The summed E-state index contributed by atoms with van der Waals surface area (Å²) < 4.78 is 5.86. The Morgan fingerprint density at radius 1 is 1.27 bits per heavy atom. The fraction of sp³-hybridized carbons (Fsp3) is 0.500. The number of aryl methyl sites for hydroxylation is 2. The maximum Gasteiger partial charge on any atom is 0.120 e. The first kappa shape index (κ1) is 12.9. The van der Waals surface area contributed by atoms with E-state index in [2.05, 4.69) is 15.9 Å². The van der Waals surface area contributed by atoms with Crippen LogP contribution in [-0.4, -0.2) is 10.9 Å². The molecule has 0 bridgehead atoms. The van der Waals surface area contributed by atoms with Gasteiger partial charge in [-0.2, -0.15) is 0 Å². The summed E-state index contributed by atoms with van der Waals surface area (Å²) in [7, 11) is 0. The highest BCUT2D eigenvalue weighted by molar-refractivity contribution is 9.09. The summed E-state index contributed by atoms with van der Waals surface area (Å²) in [4.78, 5) is 0. The molecule has 0 N–H and O–H groups in total. The molecule has 0 unspecified atom stereocenters. The van der Waals surface area contributed by atoms with Crippen LogP contribution in [0.3, 0.4) is 0 Å². The Morgan fingerprint density at radius 2 is 1.73 bits per heavy atom. The minimum atomic E-state index is -0.202. The van der Waals surface area contributed by atoms with E-state index in [9.17, 15) is 0 Å². The summed E-state index contributed by atoms with van der Waals surface area (Å²) in [6.45, 7) is 8.06. The lowest BCUT2D eigenvalue weighted by molar-refractivity contribution is 0.137. The molecule has 15 heavy (non-hydrogen) atoms. The van der Waals surface area contributed by atoms with Crippen molar-refractivity contribution in [1.82, 2.24) is 0 Å². The van der Waals surface area contributed by atoms with Gasteiger partial charge >= 0.3 is 0 Å². The lowest BCUT2D eigenvalue weighted by Gasteiger charge is -2.24. The Morgan fingerprint density at radius 3 is 2.13 bits per heavy atom. The van der Waals surface area contributed by atoms with Crippen molar-refractivity contribution in [2.24, 2.45) is 0 Å². The number of halogens is 2. The second-order valence-corrected chi connectivity index (χ2v) is 5.31. The van der Waals surface area contributed by atoms with Crippen LogP contribution in [0.5, 0.6) is 5.75 Å². The molecule has 0 spiro atoms.